The molecule has 2 amide bonds. The third-order valence-electron chi connectivity index (χ3n) is 4.13. The Balaban J connectivity index is 1.58. The number of carbonyl (C=O) groups excluding carboxylic acids is 2. The molecule has 0 bridgehead atoms. The number of hydrogen-bond donors (Lipinski definition) is 2. The maximum atomic E-state index is 12.1. The molecule has 4 nitrogen and oxygen atoms in total. The van der Waals surface area contributed by atoms with Crippen LogP contribution < -0.4 is 10.6 Å². The zero-order chi connectivity index (χ0) is 16.1. The second-order valence-electron chi connectivity index (χ2n) is 5.77. The highest BCUT2D eigenvalue weighted by Crippen LogP contribution is 2.22. The lowest BCUT2D eigenvalue weighted by Gasteiger charge is -2.17. The fraction of sp³-hybridized carbons (Fsp3) is 0.263. The number of anilines is 1. The van der Waals surface area contributed by atoms with E-state index < -0.39 is 0 Å². The van der Waals surface area contributed by atoms with Crippen LogP contribution in [0, 0.1) is 5.92 Å². The van der Waals surface area contributed by atoms with Gasteiger partial charge in [-0.3, -0.25) is 9.59 Å². The van der Waals surface area contributed by atoms with Crippen molar-refractivity contribution in [1.82, 2.24) is 5.32 Å². The second-order valence-corrected chi connectivity index (χ2v) is 5.77. The molecule has 0 unspecified atom stereocenters. The van der Waals surface area contributed by atoms with Crippen LogP contribution >= 0.6 is 0 Å². The fourth-order valence-electron chi connectivity index (χ4n) is 2.87. The molecule has 0 radical (unpaired) electrons. The van der Waals surface area contributed by atoms with Crippen molar-refractivity contribution in [3.63, 3.8) is 0 Å². The van der Waals surface area contributed by atoms with Crippen LogP contribution in [-0.4, -0.2) is 18.4 Å². The quantitative estimate of drug-likeness (QED) is 0.852. The fourth-order valence-corrected chi connectivity index (χ4v) is 2.87. The first-order valence-corrected chi connectivity index (χ1v) is 7.94. The van der Waals surface area contributed by atoms with Crippen LogP contribution in [0.2, 0.25) is 0 Å². The van der Waals surface area contributed by atoms with Gasteiger partial charge in [0.25, 0.3) is 0 Å². The van der Waals surface area contributed by atoms with Crippen LogP contribution in [0.15, 0.2) is 54.6 Å². The van der Waals surface area contributed by atoms with E-state index in [2.05, 4.69) is 16.7 Å². The maximum Gasteiger partial charge on any atom is 0.243 e. The lowest BCUT2D eigenvalue weighted by atomic mass is 9.94. The van der Waals surface area contributed by atoms with Gasteiger partial charge in [0.1, 0.15) is 0 Å². The molecule has 0 saturated heterocycles. The first-order chi connectivity index (χ1) is 11.2. The molecule has 2 N–H and O–H groups in total. The minimum absolute atomic E-state index is 0.00225. The molecular weight excluding hydrogens is 288 g/mol. The maximum absolute atomic E-state index is 12.1. The second kappa shape index (κ2) is 7.09. The summed E-state index contributed by atoms with van der Waals surface area (Å²) in [6.45, 7) is 0.00225. The van der Waals surface area contributed by atoms with Gasteiger partial charge in [-0.15, -0.1) is 0 Å². The predicted molar refractivity (Wildman–Crippen MR) is 92.1 cm³/mol. The average molecular weight is 308 g/mol. The topological polar surface area (TPSA) is 58.2 Å². The van der Waals surface area contributed by atoms with Crippen LogP contribution in [-0.2, 0) is 9.59 Å². The molecule has 1 aliphatic rings. The average Bonchev–Trinajstić information content (AvgIpc) is 2.61. The number of hydrogen-bond acceptors (Lipinski definition) is 2. The molecule has 23 heavy (non-hydrogen) atoms. The molecule has 1 atom stereocenters. The monoisotopic (exact) mass is 308 g/mol. The first-order valence-electron chi connectivity index (χ1n) is 7.94. The Hall–Kier alpha value is -2.62. The van der Waals surface area contributed by atoms with Crippen molar-refractivity contribution in [2.24, 2.45) is 5.92 Å². The van der Waals surface area contributed by atoms with Gasteiger partial charge in [0.2, 0.25) is 11.8 Å². The van der Waals surface area contributed by atoms with Crippen LogP contribution in [0.25, 0.3) is 10.8 Å². The third kappa shape index (κ3) is 3.77. The number of nitrogens with one attached hydrogen (secondary N) is 2. The Kier molecular flexibility index (Phi) is 4.71. The molecule has 2 aromatic carbocycles. The molecule has 3 rings (SSSR count). The summed E-state index contributed by atoms with van der Waals surface area (Å²) in [5.41, 5.74) is 0.767. The number of carbonyl (C=O) groups is 2. The van der Waals surface area contributed by atoms with E-state index in [0.717, 1.165) is 35.7 Å². The Morgan fingerprint density at radius 1 is 1.04 bits per heavy atom. The summed E-state index contributed by atoms with van der Waals surface area (Å²) in [4.78, 5) is 24.1. The van der Waals surface area contributed by atoms with E-state index in [9.17, 15) is 9.59 Å². The van der Waals surface area contributed by atoms with E-state index >= 15 is 0 Å². The molecular formula is C19H20N2O2. The van der Waals surface area contributed by atoms with Gasteiger partial charge in [-0.1, -0.05) is 48.6 Å². The van der Waals surface area contributed by atoms with Crippen LogP contribution in [0.3, 0.4) is 0 Å². The van der Waals surface area contributed by atoms with Crippen molar-refractivity contribution >= 4 is 28.3 Å². The standard InChI is InChI=1S/C19H20N2O2/c22-18(13-20-19(23)15-8-2-1-3-9-15)21-17-12-6-10-14-7-4-5-11-16(14)17/h1-2,4-7,10-12,15H,3,8-9,13H2,(H,20,23)(H,21,22)/t15-/m0/s1. The van der Waals surface area contributed by atoms with Crippen molar-refractivity contribution in [2.75, 3.05) is 11.9 Å². The summed E-state index contributed by atoms with van der Waals surface area (Å²) in [6, 6.07) is 13.7. The molecule has 1 aliphatic carbocycles. The van der Waals surface area contributed by atoms with Gasteiger partial charge in [0, 0.05) is 17.0 Å². The van der Waals surface area contributed by atoms with Crippen LogP contribution in [0.4, 0.5) is 5.69 Å². The summed E-state index contributed by atoms with van der Waals surface area (Å²) < 4.78 is 0. The van der Waals surface area contributed by atoms with E-state index in [-0.39, 0.29) is 24.3 Å². The molecule has 0 aliphatic heterocycles. The van der Waals surface area contributed by atoms with Gasteiger partial charge >= 0.3 is 0 Å². The normalized spacial score (nSPS) is 17.0. The number of benzene rings is 2. The summed E-state index contributed by atoms with van der Waals surface area (Å²) in [6.07, 6.45) is 6.67. The van der Waals surface area contributed by atoms with Crippen LogP contribution in [0.5, 0.6) is 0 Å². The molecule has 0 spiro atoms. The predicted octanol–water partition coefficient (Wildman–Crippen LogP) is 3.25. The van der Waals surface area contributed by atoms with E-state index in [1.807, 2.05) is 48.5 Å². The number of allylic oxidation sites excluding steroid dienone is 2. The first kappa shape index (κ1) is 15.3. The number of fused-ring (bicyclic) bond motifs is 1. The van der Waals surface area contributed by atoms with Crippen molar-refractivity contribution in [3.05, 3.63) is 54.6 Å². The van der Waals surface area contributed by atoms with Crippen LogP contribution in [0.1, 0.15) is 19.3 Å². The Morgan fingerprint density at radius 2 is 1.87 bits per heavy atom. The largest absolute Gasteiger partial charge is 0.347 e. The minimum Gasteiger partial charge on any atom is -0.347 e. The molecule has 118 valence electrons. The highest BCUT2D eigenvalue weighted by molar-refractivity contribution is 6.03. The molecule has 0 aromatic heterocycles. The Morgan fingerprint density at radius 3 is 2.70 bits per heavy atom. The van der Waals surface area contributed by atoms with Gasteiger partial charge in [-0.25, -0.2) is 0 Å². The van der Waals surface area contributed by atoms with E-state index in [4.69, 9.17) is 0 Å². The summed E-state index contributed by atoms with van der Waals surface area (Å²) in [5.74, 6) is -0.256. The zero-order valence-electron chi connectivity index (χ0n) is 12.9. The highest BCUT2D eigenvalue weighted by Gasteiger charge is 2.19. The van der Waals surface area contributed by atoms with E-state index in [1.165, 1.54) is 0 Å². The third-order valence-corrected chi connectivity index (χ3v) is 4.13. The molecule has 0 saturated carbocycles. The summed E-state index contributed by atoms with van der Waals surface area (Å²) >= 11 is 0. The number of amides is 2. The van der Waals surface area contributed by atoms with Crippen molar-refractivity contribution in [3.8, 4) is 0 Å². The summed E-state index contributed by atoms with van der Waals surface area (Å²) in [5, 5.41) is 7.68. The Labute approximate surface area is 135 Å². The SMILES string of the molecule is O=C(CNC(=O)[C@H]1CC=CCC1)Nc1cccc2ccccc12. The lowest BCUT2D eigenvalue weighted by Crippen LogP contribution is -2.37. The highest BCUT2D eigenvalue weighted by atomic mass is 16.2. The minimum atomic E-state index is -0.207. The van der Waals surface area contributed by atoms with Gasteiger partial charge in [0.05, 0.1) is 6.54 Å². The van der Waals surface area contributed by atoms with Crippen molar-refractivity contribution in [2.45, 2.75) is 19.3 Å². The lowest BCUT2D eigenvalue weighted by molar-refractivity contribution is -0.127. The summed E-state index contributed by atoms with van der Waals surface area (Å²) in [7, 11) is 0. The number of rotatable bonds is 4. The zero-order valence-corrected chi connectivity index (χ0v) is 12.9. The molecule has 4 heteroatoms. The molecule has 0 fully saturated rings. The van der Waals surface area contributed by atoms with Gasteiger partial charge in [-0.05, 0) is 30.7 Å². The molecule has 0 heterocycles. The van der Waals surface area contributed by atoms with Crippen molar-refractivity contribution in [1.29, 1.82) is 0 Å². The van der Waals surface area contributed by atoms with E-state index in [1.54, 1.807) is 0 Å². The van der Waals surface area contributed by atoms with Gasteiger partial charge in [-0.2, -0.15) is 0 Å². The van der Waals surface area contributed by atoms with Gasteiger partial charge in [0.15, 0.2) is 0 Å². The Bertz CT molecular complexity index is 747. The van der Waals surface area contributed by atoms with E-state index in [0.29, 0.717) is 0 Å². The van der Waals surface area contributed by atoms with Crippen molar-refractivity contribution < 1.29 is 9.59 Å². The van der Waals surface area contributed by atoms with Gasteiger partial charge < -0.3 is 10.6 Å². The molecule has 2 aromatic rings. The smallest absolute Gasteiger partial charge is 0.243 e.